The van der Waals surface area contributed by atoms with Crippen LogP contribution in [0.5, 0.6) is 0 Å². The van der Waals surface area contributed by atoms with Crippen molar-refractivity contribution in [2.24, 2.45) is 0 Å². The standard InChI is InChI=1S/Fe.H3O3P.H2O/c;1-4(2)3;/h;4H,(H2,1,2,3);1H2. The Bertz CT molecular complexity index is 30.5. The van der Waals surface area contributed by atoms with Crippen LogP contribution >= 0.6 is 8.25 Å². The summed E-state index contributed by atoms with van der Waals surface area (Å²) in [7, 11) is -3.13. The van der Waals surface area contributed by atoms with E-state index in [9.17, 15) is 0 Å². The molecule has 0 amide bonds. The molecule has 4 nitrogen and oxygen atoms in total. The average Bonchev–Trinajstić information content (AvgIpc) is 0.811. The summed E-state index contributed by atoms with van der Waals surface area (Å²) >= 11 is 0. The maximum Gasteiger partial charge on any atom is 0.314 e. The smallest absolute Gasteiger partial charge is 0.314 e. The van der Waals surface area contributed by atoms with E-state index >= 15 is 0 Å². The van der Waals surface area contributed by atoms with Crippen molar-refractivity contribution in [1.29, 1.82) is 0 Å². The zero-order valence-electron chi connectivity index (χ0n) is 2.66. The van der Waals surface area contributed by atoms with Crippen LogP contribution < -0.4 is 0 Å². The summed E-state index contributed by atoms with van der Waals surface area (Å²) in [5.74, 6) is 0. The van der Waals surface area contributed by atoms with Crippen molar-refractivity contribution in [2.45, 2.75) is 0 Å². The second kappa shape index (κ2) is 9.16. The molecule has 0 bridgehead atoms. The second-order valence-corrected chi connectivity index (χ2v) is 0.848. The molecule has 0 atom stereocenters. The van der Waals surface area contributed by atoms with Gasteiger partial charge in [0.25, 0.3) is 0 Å². The van der Waals surface area contributed by atoms with Gasteiger partial charge in [-0.3, -0.25) is 4.57 Å². The summed E-state index contributed by atoms with van der Waals surface area (Å²) in [6, 6.07) is 0. The van der Waals surface area contributed by atoms with E-state index in [1.54, 1.807) is 0 Å². The second-order valence-electron chi connectivity index (χ2n) is 0.283. The minimum absolute atomic E-state index is 0. The molecule has 0 aliphatic rings. The summed E-state index contributed by atoms with van der Waals surface area (Å²) in [6.07, 6.45) is 0. The molecule has 0 aliphatic carbocycles. The van der Waals surface area contributed by atoms with Crippen molar-refractivity contribution in [2.75, 3.05) is 0 Å². The molecule has 0 spiro atoms. The minimum Gasteiger partial charge on any atom is -0.412 e. The van der Waals surface area contributed by atoms with Gasteiger partial charge in [0.2, 0.25) is 0 Å². The predicted octanol–water partition coefficient (Wildman–Crippen LogP) is -1.47. The fraction of sp³-hybridized carbons (Fsp3) is 0. The molecule has 0 saturated carbocycles. The Morgan fingerprint density at radius 1 is 1.33 bits per heavy atom. The van der Waals surface area contributed by atoms with Crippen molar-refractivity contribution in [3.8, 4) is 0 Å². The summed E-state index contributed by atoms with van der Waals surface area (Å²) in [5.41, 5.74) is 0. The first-order chi connectivity index (χ1) is 1.73. The van der Waals surface area contributed by atoms with Crippen LogP contribution in [0.15, 0.2) is 0 Å². The third kappa shape index (κ3) is 154. The molecule has 4 N–H and O–H groups in total. The molecule has 6 heteroatoms. The van der Waals surface area contributed by atoms with Crippen molar-refractivity contribution in [1.82, 2.24) is 0 Å². The number of rotatable bonds is 0. The van der Waals surface area contributed by atoms with Crippen molar-refractivity contribution < 1.29 is 36.9 Å². The molecule has 6 heavy (non-hydrogen) atoms. The molecule has 0 fully saturated rings. The molecule has 0 saturated heterocycles. The van der Waals surface area contributed by atoms with E-state index in [-0.39, 0.29) is 22.5 Å². The quantitative estimate of drug-likeness (QED) is 0.331. The third-order valence-corrected chi connectivity index (χ3v) is 0. The Balaban J connectivity index is -0.0000000450. The van der Waals surface area contributed by atoms with Crippen LogP contribution in [-0.2, 0) is 21.6 Å². The molecule has 0 aromatic heterocycles. The van der Waals surface area contributed by atoms with Gasteiger partial charge in [-0.25, -0.2) is 0 Å². The third-order valence-electron chi connectivity index (χ3n) is 0. The van der Waals surface area contributed by atoms with E-state index in [1.165, 1.54) is 0 Å². The molecule has 0 unspecified atom stereocenters. The first-order valence-corrected chi connectivity index (χ1v) is 1.95. The van der Waals surface area contributed by atoms with Gasteiger partial charge in [0.1, 0.15) is 0 Å². The van der Waals surface area contributed by atoms with Gasteiger partial charge in [0, 0.05) is 17.1 Å². The summed E-state index contributed by atoms with van der Waals surface area (Å²) in [4.78, 5) is 14.3. The SMILES string of the molecule is O.O=[PH](O)O.[Fe]. The van der Waals surface area contributed by atoms with E-state index in [4.69, 9.17) is 14.4 Å². The van der Waals surface area contributed by atoms with Gasteiger partial charge in [-0.2, -0.15) is 0 Å². The monoisotopic (exact) mass is 156 g/mol. The minimum atomic E-state index is -3.13. The molecule has 0 rings (SSSR count). The largest absolute Gasteiger partial charge is 0.412 e. The Morgan fingerprint density at radius 2 is 1.33 bits per heavy atom. The molecule has 42 valence electrons. The van der Waals surface area contributed by atoms with Crippen LogP contribution in [0.3, 0.4) is 0 Å². The van der Waals surface area contributed by atoms with Crippen LogP contribution in [0.1, 0.15) is 0 Å². The van der Waals surface area contributed by atoms with Gasteiger partial charge < -0.3 is 15.3 Å². The van der Waals surface area contributed by atoms with Crippen LogP contribution in [-0.4, -0.2) is 15.3 Å². The number of hydrogen-bond donors (Lipinski definition) is 2. The Morgan fingerprint density at radius 3 is 1.33 bits per heavy atom. The molecule has 0 heterocycles. The van der Waals surface area contributed by atoms with Gasteiger partial charge in [-0.1, -0.05) is 0 Å². The van der Waals surface area contributed by atoms with Crippen LogP contribution in [0.2, 0.25) is 0 Å². The Kier molecular flexibility index (Phi) is 24.3. The van der Waals surface area contributed by atoms with Gasteiger partial charge in [0.05, 0.1) is 0 Å². The van der Waals surface area contributed by atoms with E-state index in [1.807, 2.05) is 0 Å². The molecular formula is H5FeO4P. The van der Waals surface area contributed by atoms with Crippen LogP contribution in [0.4, 0.5) is 0 Å². The molecule has 0 radical (unpaired) electrons. The zero-order chi connectivity index (χ0) is 3.58. The van der Waals surface area contributed by atoms with E-state index in [0.29, 0.717) is 0 Å². The van der Waals surface area contributed by atoms with Gasteiger partial charge in [0.15, 0.2) is 0 Å². The van der Waals surface area contributed by atoms with Gasteiger partial charge in [-0.15, -0.1) is 0 Å². The van der Waals surface area contributed by atoms with Gasteiger partial charge >= 0.3 is 8.25 Å². The summed E-state index contributed by atoms with van der Waals surface area (Å²) in [6.45, 7) is 0. The fourth-order valence-corrected chi connectivity index (χ4v) is 0. The average molecular weight is 156 g/mol. The van der Waals surface area contributed by atoms with E-state index in [0.717, 1.165) is 0 Å². The maximum absolute atomic E-state index is 8.74. The normalized spacial score (nSPS) is 5.83. The first kappa shape index (κ1) is 15.9. The van der Waals surface area contributed by atoms with Crippen molar-refractivity contribution >= 4 is 8.25 Å². The van der Waals surface area contributed by atoms with Crippen LogP contribution in [0.25, 0.3) is 0 Å². The molecule has 0 aromatic rings. The number of hydrogen-bond acceptors (Lipinski definition) is 1. The molecule has 0 aromatic carbocycles. The van der Waals surface area contributed by atoms with Crippen molar-refractivity contribution in [3.05, 3.63) is 0 Å². The zero-order valence-corrected chi connectivity index (χ0v) is 4.76. The summed E-state index contributed by atoms with van der Waals surface area (Å²) < 4.78 is 8.74. The Labute approximate surface area is 45.9 Å². The topological polar surface area (TPSA) is 89.0 Å². The maximum atomic E-state index is 8.74. The van der Waals surface area contributed by atoms with E-state index in [2.05, 4.69) is 0 Å². The van der Waals surface area contributed by atoms with Crippen LogP contribution in [0, 0.1) is 0 Å². The fourth-order valence-electron chi connectivity index (χ4n) is 0. The van der Waals surface area contributed by atoms with Gasteiger partial charge in [-0.05, 0) is 0 Å². The molecular weight excluding hydrogens is 151 g/mol. The predicted molar refractivity (Wildman–Crippen MR) is 17.1 cm³/mol. The Hall–Kier alpha value is 0.629. The first-order valence-electron chi connectivity index (χ1n) is 0.651. The summed E-state index contributed by atoms with van der Waals surface area (Å²) in [5, 5.41) is 0. The van der Waals surface area contributed by atoms with E-state index < -0.39 is 8.25 Å². The molecule has 0 aliphatic heterocycles. The van der Waals surface area contributed by atoms with Crippen molar-refractivity contribution in [3.63, 3.8) is 0 Å².